The van der Waals surface area contributed by atoms with Crippen LogP contribution in [0.15, 0.2) is 189 Å². The molecule has 15 aromatic rings. The molecule has 0 radical (unpaired) electrons. The van der Waals surface area contributed by atoms with Gasteiger partial charge in [0, 0.05) is 180 Å². The quantitative estimate of drug-likeness (QED) is 0.0337. The zero-order chi connectivity index (χ0) is 89.7. The maximum absolute atomic E-state index is 12.5. The number of nitrogens with two attached hydrogens (primary N) is 1. The lowest BCUT2D eigenvalue weighted by Gasteiger charge is -2.21. The number of hydrogen-bond acceptors (Lipinski definition) is 29. The number of nitrogens with one attached hydrogen (secondary N) is 11. The van der Waals surface area contributed by atoms with Gasteiger partial charge in [0.05, 0.1) is 56.6 Å². The number of pyridine rings is 5. The molecule has 0 saturated heterocycles. The molecule has 0 spiro atoms. The molecule has 11 aromatic heterocycles. The third kappa shape index (κ3) is 18.6. The normalized spacial score (nSPS) is 12.3. The largest absolute Gasteiger partial charge is 0.486 e. The van der Waals surface area contributed by atoms with E-state index in [0.29, 0.717) is 141 Å². The third-order valence-electron chi connectivity index (χ3n) is 21.0. The molecule has 0 unspecified atom stereocenters. The lowest BCUT2D eigenvalue weighted by molar-refractivity contribution is -0.117. The van der Waals surface area contributed by atoms with Gasteiger partial charge < -0.3 is 83.2 Å². The number of primary amides is 1. The van der Waals surface area contributed by atoms with Gasteiger partial charge in [-0.3, -0.25) is 42.7 Å². The summed E-state index contributed by atoms with van der Waals surface area (Å²) in [4.78, 5) is 83.1. The van der Waals surface area contributed by atoms with Crippen molar-refractivity contribution in [2.24, 2.45) is 39.8 Å². The summed E-state index contributed by atoms with van der Waals surface area (Å²) in [6, 6.07) is 41.2. The molecule has 129 heavy (non-hydrogen) atoms. The van der Waals surface area contributed by atoms with Crippen molar-refractivity contribution >= 4 is 116 Å². The number of hydrogen-bond donors (Lipinski definition) is 12. The first-order valence-electron chi connectivity index (χ1n) is 40.9. The number of para-hydroxylation sites is 4. The Morgan fingerprint density at radius 3 is 1.01 bits per heavy atom. The Hall–Kier alpha value is -17.2. The second-order valence-corrected chi connectivity index (χ2v) is 30.7. The van der Waals surface area contributed by atoms with Gasteiger partial charge in [0.2, 0.25) is 5.91 Å². The molecule has 1 saturated carbocycles. The molecule has 5 amide bonds. The number of carbonyl (C=O) groups is 5. The maximum Gasteiger partial charge on any atom is 0.273 e. The summed E-state index contributed by atoms with van der Waals surface area (Å²) in [5, 5.41) is 67.9. The fraction of sp³-hybridized carbons (Fsp3) is 0.187. The molecular formula is C91H87N29O9. The van der Waals surface area contributed by atoms with E-state index in [1.165, 1.54) is 12.4 Å². The Morgan fingerprint density at radius 2 is 0.667 bits per heavy atom. The number of benzene rings is 4. The monoisotopic (exact) mass is 1730 g/mol. The summed E-state index contributed by atoms with van der Waals surface area (Å²) in [5.74, 6) is 4.77. The number of fused-ring (bicyclic) bond motifs is 12. The van der Waals surface area contributed by atoms with Crippen LogP contribution < -0.4 is 83.2 Å². The topological polar surface area (TPSA) is 468 Å². The van der Waals surface area contributed by atoms with E-state index in [-0.39, 0.29) is 40.9 Å². The van der Waals surface area contributed by atoms with Crippen LogP contribution in [0.5, 0.6) is 23.0 Å². The minimum Gasteiger partial charge on any atom is -0.486 e. The van der Waals surface area contributed by atoms with E-state index >= 15 is 0 Å². The van der Waals surface area contributed by atoms with Crippen LogP contribution in [0.1, 0.15) is 93.5 Å². The van der Waals surface area contributed by atoms with Gasteiger partial charge in [0.25, 0.3) is 23.6 Å². The lowest BCUT2D eigenvalue weighted by Crippen LogP contribution is -2.21. The zero-order valence-corrected chi connectivity index (χ0v) is 71.6. The minimum atomic E-state index is -0.697. The second-order valence-electron chi connectivity index (χ2n) is 30.7. The van der Waals surface area contributed by atoms with Gasteiger partial charge >= 0.3 is 0 Å². The van der Waals surface area contributed by atoms with Crippen LogP contribution in [0.2, 0.25) is 0 Å². The molecular weight excluding hydrogens is 1640 g/mol. The van der Waals surface area contributed by atoms with Gasteiger partial charge in [0.15, 0.2) is 46.0 Å². The summed E-state index contributed by atoms with van der Waals surface area (Å²) in [7, 11) is 12.2. The van der Waals surface area contributed by atoms with Crippen LogP contribution in [0.3, 0.4) is 0 Å². The number of amides is 5. The minimum absolute atomic E-state index is 0.0133. The molecule has 0 bridgehead atoms. The fourth-order valence-corrected chi connectivity index (χ4v) is 14.6. The van der Waals surface area contributed by atoms with Gasteiger partial charge in [-0.25, -0.2) is 24.9 Å². The van der Waals surface area contributed by atoms with E-state index in [4.69, 9.17) is 24.7 Å². The Morgan fingerprint density at radius 1 is 0.349 bits per heavy atom. The van der Waals surface area contributed by atoms with Crippen LogP contribution in [-0.4, -0.2) is 135 Å². The van der Waals surface area contributed by atoms with Crippen molar-refractivity contribution in [1.29, 1.82) is 0 Å². The van der Waals surface area contributed by atoms with E-state index in [2.05, 4.69) is 124 Å². The molecule has 20 rings (SSSR count). The van der Waals surface area contributed by atoms with Crippen LogP contribution in [0.25, 0.3) is 45.0 Å². The van der Waals surface area contributed by atoms with Gasteiger partial charge in [-0.1, -0.05) is 42.5 Å². The van der Waals surface area contributed by atoms with Gasteiger partial charge in [0.1, 0.15) is 78.3 Å². The van der Waals surface area contributed by atoms with E-state index in [1.54, 1.807) is 82.7 Å². The molecule has 5 aliphatic rings. The summed E-state index contributed by atoms with van der Waals surface area (Å²) in [5.41, 5.74) is 25.5. The maximum atomic E-state index is 12.5. The van der Waals surface area contributed by atoms with Crippen LogP contribution in [0, 0.1) is 26.7 Å². The van der Waals surface area contributed by atoms with Crippen molar-refractivity contribution in [3.05, 3.63) is 251 Å². The van der Waals surface area contributed by atoms with E-state index < -0.39 is 5.91 Å². The molecule has 15 heterocycles. The molecule has 0 atom stereocenters. The Labute approximate surface area is 737 Å². The molecule has 38 heteroatoms. The number of rotatable bonds is 20. The predicted molar refractivity (Wildman–Crippen MR) is 484 cm³/mol. The second kappa shape index (κ2) is 36.3. The highest BCUT2D eigenvalue weighted by Crippen LogP contribution is 2.48. The summed E-state index contributed by atoms with van der Waals surface area (Å²) >= 11 is 0. The smallest absolute Gasteiger partial charge is 0.273 e. The first kappa shape index (κ1) is 84.0. The van der Waals surface area contributed by atoms with Crippen molar-refractivity contribution < 1.29 is 42.9 Å². The van der Waals surface area contributed by atoms with Crippen molar-refractivity contribution in [3.8, 4) is 68.0 Å². The molecule has 4 aromatic carbocycles. The molecule has 13 N–H and O–H groups in total. The van der Waals surface area contributed by atoms with E-state index in [9.17, 15) is 24.0 Å². The van der Waals surface area contributed by atoms with Crippen molar-refractivity contribution in [2.45, 2.75) is 60.0 Å². The van der Waals surface area contributed by atoms with Crippen molar-refractivity contribution in [3.63, 3.8) is 0 Å². The van der Waals surface area contributed by atoms with Crippen molar-refractivity contribution in [2.75, 3.05) is 63.7 Å². The number of ether oxygens (including phenoxy) is 4. The summed E-state index contributed by atoms with van der Waals surface area (Å²) in [6.45, 7) is 7.56. The highest BCUT2D eigenvalue weighted by molar-refractivity contribution is 6.04. The standard InChI is InChI=1S/C24H23N7O2.C23H22N8O2.C22H20N8O2.C22H22N6O3/c1-14-7-8-20(26-10-14)29-21-9-19(17(11-27-21)24(32)25-2)28-18-6-4-5-16-22-15(12-31(3)30-22)13-33-23(16)18;1-13-7-8-18(25-10-13)27-19-9-17(21(29-28-19)23(32)24-2)26-16-6-4-5-15-20-14(11-31(3)30-20)12-33-22(15)16;1-12-6-7-17(24-9-12)26-18-8-16(20(22(23)31)28-27-18)25-15-5-3-4-14-19-13(10-30(2)29-19)11-32-21(14)15;1-23-22(30)15-9-24-18(26-21(29)12-6-7-12)8-17(15)25-16-5-3-4-14-19-13(10-28(2)27-19)11-31-20(14)16/h4-12H,13H2,1-3H3,(H,25,32)(H2,26,27,28,29);4-11H,12H2,1-3H3,(H,24,32)(H2,25,26,27,28);3-10H,11H2,1-2H3,(H2,23,31)(H2,24,25,26,27);3-5,8-10,12H,6-7,11H2,1-2H3,(H,23,30)(H2,24,25,26,29). The number of anilines is 15. The Bertz CT molecular complexity index is 6640. The zero-order valence-electron chi connectivity index (χ0n) is 71.6. The first-order valence-corrected chi connectivity index (χ1v) is 40.9. The average molecular weight is 1730 g/mol. The molecule has 1 aliphatic carbocycles. The van der Waals surface area contributed by atoms with Gasteiger partial charge in [-0.05, 0) is 117 Å². The number of carbonyl (C=O) groups excluding carboxylic acids is 5. The number of aryl methyl sites for hydroxylation is 7. The molecule has 4 aliphatic heterocycles. The van der Waals surface area contributed by atoms with Crippen LogP contribution in [0.4, 0.5) is 86.2 Å². The average Bonchev–Trinajstić information content (AvgIpc) is 1.71. The van der Waals surface area contributed by atoms with E-state index in [0.717, 1.165) is 103 Å². The first-order chi connectivity index (χ1) is 62.5. The molecule has 38 nitrogen and oxygen atoms in total. The summed E-state index contributed by atoms with van der Waals surface area (Å²) < 4.78 is 31.3. The summed E-state index contributed by atoms with van der Waals surface area (Å²) in [6.07, 6.45) is 17.9. The highest BCUT2D eigenvalue weighted by Gasteiger charge is 2.33. The van der Waals surface area contributed by atoms with Gasteiger partial charge in [-0.2, -0.15) is 20.4 Å². The Balaban J connectivity index is 0.000000121. The lowest BCUT2D eigenvalue weighted by atomic mass is 10.0. The Kier molecular flexibility index (Phi) is 23.6. The fourth-order valence-electron chi connectivity index (χ4n) is 14.6. The molecule has 1 fully saturated rings. The SMILES string of the molecule is CNC(=O)c1cnc(NC(=O)C2CC2)cc1Nc1cccc2c1OCc1cn(C)nc1-2.CNC(=O)c1cnc(Nc2ccc(C)cn2)cc1Nc1cccc2c1OCc1cn(C)nc1-2.CNC(=O)c1nnc(Nc2ccc(C)cn2)cc1Nc1cccc2c1OCc1cn(C)nc1-2.Cc1ccc(Nc2cc(Nc3cccc4c3OCc3cn(C)nc3-4)c(C(N)=O)nn2)nc1. The van der Waals surface area contributed by atoms with Crippen LogP contribution in [-0.2, 0) is 59.4 Å². The predicted octanol–water partition coefficient (Wildman–Crippen LogP) is 13.1. The van der Waals surface area contributed by atoms with E-state index in [1.807, 2.05) is 183 Å². The van der Waals surface area contributed by atoms with Crippen LogP contribution >= 0.6 is 0 Å². The van der Waals surface area contributed by atoms with Crippen molar-refractivity contribution in [1.82, 2.24) is 100 Å². The highest BCUT2D eigenvalue weighted by atomic mass is 16.5. The number of nitrogens with zero attached hydrogens (tertiary/aromatic N) is 17. The molecule has 650 valence electrons. The third-order valence-corrected chi connectivity index (χ3v) is 21.0. The van der Waals surface area contributed by atoms with Gasteiger partial charge in [-0.15, -0.1) is 20.4 Å². The number of aromatic nitrogens is 17.